The molecule has 1 unspecified atom stereocenters. The van der Waals surface area contributed by atoms with Crippen molar-refractivity contribution in [3.8, 4) is 0 Å². The second-order valence-corrected chi connectivity index (χ2v) is 5.95. The quantitative estimate of drug-likeness (QED) is 0.882. The van der Waals surface area contributed by atoms with Crippen molar-refractivity contribution in [2.45, 2.75) is 38.7 Å². The standard InChI is InChI=1S/C16H25NO/c1-12-7-9-13(10-8-12)16(18)14-5-4-6-15(11-14)17(2)3/h4-6,11-13,16,18H,7-10H2,1-3H3. The van der Waals surface area contributed by atoms with E-state index in [1.807, 2.05) is 20.2 Å². The number of anilines is 1. The normalized spacial score (nSPS) is 25.8. The zero-order valence-electron chi connectivity index (χ0n) is 11.8. The molecule has 0 aromatic heterocycles. The molecule has 1 atom stereocenters. The summed E-state index contributed by atoms with van der Waals surface area (Å²) in [7, 11) is 4.07. The van der Waals surface area contributed by atoms with E-state index in [4.69, 9.17) is 0 Å². The summed E-state index contributed by atoms with van der Waals surface area (Å²) in [5.74, 6) is 1.28. The smallest absolute Gasteiger partial charge is 0.0818 e. The van der Waals surface area contributed by atoms with E-state index < -0.39 is 0 Å². The summed E-state index contributed by atoms with van der Waals surface area (Å²) >= 11 is 0. The fraction of sp³-hybridized carbons (Fsp3) is 0.625. The van der Waals surface area contributed by atoms with Crippen molar-refractivity contribution in [3.05, 3.63) is 29.8 Å². The number of hydrogen-bond acceptors (Lipinski definition) is 2. The minimum absolute atomic E-state index is 0.294. The molecule has 1 aliphatic carbocycles. The highest BCUT2D eigenvalue weighted by molar-refractivity contribution is 5.47. The molecule has 0 spiro atoms. The second-order valence-electron chi connectivity index (χ2n) is 5.95. The van der Waals surface area contributed by atoms with Gasteiger partial charge in [-0.25, -0.2) is 0 Å². The minimum atomic E-state index is -0.294. The molecule has 0 amide bonds. The lowest BCUT2D eigenvalue weighted by molar-refractivity contribution is 0.0756. The molecule has 1 aromatic carbocycles. The summed E-state index contributed by atoms with van der Waals surface area (Å²) in [6.45, 7) is 2.31. The molecule has 0 saturated heterocycles. The Morgan fingerprint density at radius 2 is 1.83 bits per heavy atom. The number of hydrogen-bond donors (Lipinski definition) is 1. The number of benzene rings is 1. The summed E-state index contributed by atoms with van der Waals surface area (Å²) in [5.41, 5.74) is 2.23. The van der Waals surface area contributed by atoms with E-state index in [2.05, 4.69) is 30.0 Å². The van der Waals surface area contributed by atoms with Crippen LogP contribution in [-0.4, -0.2) is 19.2 Å². The van der Waals surface area contributed by atoms with Crippen LogP contribution in [0.15, 0.2) is 24.3 Å². The highest BCUT2D eigenvalue weighted by atomic mass is 16.3. The van der Waals surface area contributed by atoms with E-state index in [0.717, 1.165) is 30.0 Å². The lowest BCUT2D eigenvalue weighted by atomic mass is 9.78. The summed E-state index contributed by atoms with van der Waals surface area (Å²) in [6.07, 6.45) is 4.55. The predicted molar refractivity (Wildman–Crippen MR) is 76.9 cm³/mol. The largest absolute Gasteiger partial charge is 0.388 e. The molecule has 0 heterocycles. The van der Waals surface area contributed by atoms with Crippen LogP contribution < -0.4 is 4.90 Å². The molecular weight excluding hydrogens is 222 g/mol. The van der Waals surface area contributed by atoms with Gasteiger partial charge in [-0.1, -0.05) is 31.9 Å². The van der Waals surface area contributed by atoms with Crippen molar-refractivity contribution >= 4 is 5.69 Å². The Morgan fingerprint density at radius 3 is 2.44 bits per heavy atom. The molecule has 1 aromatic rings. The first-order chi connectivity index (χ1) is 8.58. The van der Waals surface area contributed by atoms with Crippen molar-refractivity contribution < 1.29 is 5.11 Å². The molecule has 0 radical (unpaired) electrons. The van der Waals surface area contributed by atoms with Crippen LogP contribution >= 0.6 is 0 Å². The van der Waals surface area contributed by atoms with Gasteiger partial charge in [0.05, 0.1) is 6.10 Å². The van der Waals surface area contributed by atoms with Crippen LogP contribution in [0.2, 0.25) is 0 Å². The fourth-order valence-electron chi connectivity index (χ4n) is 2.86. The van der Waals surface area contributed by atoms with E-state index in [-0.39, 0.29) is 6.10 Å². The van der Waals surface area contributed by atoms with E-state index in [1.54, 1.807) is 0 Å². The van der Waals surface area contributed by atoms with Crippen molar-refractivity contribution in [2.24, 2.45) is 11.8 Å². The molecule has 1 N–H and O–H groups in total. The van der Waals surface area contributed by atoms with Gasteiger partial charge in [-0.15, -0.1) is 0 Å². The minimum Gasteiger partial charge on any atom is -0.388 e. The summed E-state index contributed by atoms with van der Waals surface area (Å²) in [4.78, 5) is 2.08. The molecule has 0 bridgehead atoms. The van der Waals surface area contributed by atoms with Gasteiger partial charge in [0.15, 0.2) is 0 Å². The van der Waals surface area contributed by atoms with Gasteiger partial charge < -0.3 is 10.0 Å². The first kappa shape index (κ1) is 13.4. The molecule has 18 heavy (non-hydrogen) atoms. The third-order valence-electron chi connectivity index (χ3n) is 4.24. The molecule has 1 saturated carbocycles. The maximum Gasteiger partial charge on any atom is 0.0818 e. The van der Waals surface area contributed by atoms with Crippen LogP contribution in [0.3, 0.4) is 0 Å². The fourth-order valence-corrected chi connectivity index (χ4v) is 2.86. The van der Waals surface area contributed by atoms with Gasteiger partial charge in [-0.05, 0) is 42.4 Å². The van der Waals surface area contributed by atoms with Crippen molar-refractivity contribution in [2.75, 3.05) is 19.0 Å². The Labute approximate surface area is 111 Å². The van der Waals surface area contributed by atoms with Gasteiger partial charge in [0.1, 0.15) is 0 Å². The van der Waals surface area contributed by atoms with Gasteiger partial charge in [0.2, 0.25) is 0 Å². The molecule has 0 aliphatic heterocycles. The van der Waals surface area contributed by atoms with Crippen molar-refractivity contribution in [1.29, 1.82) is 0 Å². The Kier molecular flexibility index (Phi) is 4.28. The van der Waals surface area contributed by atoms with Crippen LogP contribution in [0.5, 0.6) is 0 Å². The van der Waals surface area contributed by atoms with Crippen LogP contribution in [0.1, 0.15) is 44.3 Å². The first-order valence-electron chi connectivity index (χ1n) is 7.03. The summed E-state index contributed by atoms with van der Waals surface area (Å²) in [5, 5.41) is 10.5. The molecule has 2 rings (SSSR count). The lowest BCUT2D eigenvalue weighted by Crippen LogP contribution is -2.19. The topological polar surface area (TPSA) is 23.5 Å². The molecule has 2 nitrogen and oxygen atoms in total. The predicted octanol–water partition coefficient (Wildman–Crippen LogP) is 3.61. The van der Waals surface area contributed by atoms with Gasteiger partial charge in [-0.3, -0.25) is 0 Å². The SMILES string of the molecule is CC1CCC(C(O)c2cccc(N(C)C)c2)CC1. The summed E-state index contributed by atoms with van der Waals surface area (Å²) in [6, 6.07) is 8.29. The second kappa shape index (κ2) is 5.75. The van der Waals surface area contributed by atoms with Crippen molar-refractivity contribution in [1.82, 2.24) is 0 Å². The first-order valence-corrected chi connectivity index (χ1v) is 7.03. The van der Waals surface area contributed by atoms with Gasteiger partial charge >= 0.3 is 0 Å². The highest BCUT2D eigenvalue weighted by Crippen LogP contribution is 2.37. The maximum atomic E-state index is 10.5. The Morgan fingerprint density at radius 1 is 1.17 bits per heavy atom. The Balaban J connectivity index is 2.08. The van der Waals surface area contributed by atoms with E-state index in [9.17, 15) is 5.11 Å². The molecular formula is C16H25NO. The zero-order valence-corrected chi connectivity index (χ0v) is 11.8. The van der Waals surface area contributed by atoms with Crippen LogP contribution in [-0.2, 0) is 0 Å². The monoisotopic (exact) mass is 247 g/mol. The average molecular weight is 247 g/mol. The number of rotatable bonds is 3. The Bertz CT molecular complexity index is 380. The van der Waals surface area contributed by atoms with Crippen LogP contribution in [0.4, 0.5) is 5.69 Å². The van der Waals surface area contributed by atoms with E-state index in [0.29, 0.717) is 5.92 Å². The summed E-state index contributed by atoms with van der Waals surface area (Å²) < 4.78 is 0. The molecule has 1 fully saturated rings. The third-order valence-corrected chi connectivity index (χ3v) is 4.24. The van der Waals surface area contributed by atoms with E-state index >= 15 is 0 Å². The van der Waals surface area contributed by atoms with Gasteiger partial charge in [-0.2, -0.15) is 0 Å². The number of aliphatic hydroxyl groups is 1. The number of aliphatic hydroxyl groups excluding tert-OH is 1. The van der Waals surface area contributed by atoms with Crippen molar-refractivity contribution in [3.63, 3.8) is 0 Å². The maximum absolute atomic E-state index is 10.5. The highest BCUT2D eigenvalue weighted by Gasteiger charge is 2.25. The number of nitrogens with zero attached hydrogens (tertiary/aromatic N) is 1. The molecule has 100 valence electrons. The average Bonchev–Trinajstić information content (AvgIpc) is 2.39. The zero-order chi connectivity index (χ0) is 13.1. The Hall–Kier alpha value is -1.02. The van der Waals surface area contributed by atoms with Gasteiger partial charge in [0.25, 0.3) is 0 Å². The molecule has 1 aliphatic rings. The lowest BCUT2D eigenvalue weighted by Gasteiger charge is -2.30. The van der Waals surface area contributed by atoms with Crippen LogP contribution in [0, 0.1) is 11.8 Å². The van der Waals surface area contributed by atoms with Gasteiger partial charge in [0, 0.05) is 19.8 Å². The van der Waals surface area contributed by atoms with E-state index in [1.165, 1.54) is 12.8 Å². The van der Waals surface area contributed by atoms with Crippen LogP contribution in [0.25, 0.3) is 0 Å². The third kappa shape index (κ3) is 3.05. The molecule has 2 heteroatoms.